The van der Waals surface area contributed by atoms with Gasteiger partial charge in [0.15, 0.2) is 0 Å². The second-order valence-corrected chi connectivity index (χ2v) is 9.79. The number of unbranched alkanes of at least 4 members (excludes halogenated alkanes) is 6. The minimum atomic E-state index is -0.136. The Morgan fingerprint density at radius 2 is 0.756 bits per heavy atom. The molecule has 0 aliphatic heterocycles. The summed E-state index contributed by atoms with van der Waals surface area (Å²) in [5.74, 6) is -0.136. The van der Waals surface area contributed by atoms with Gasteiger partial charge in [0.2, 0.25) is 0 Å². The van der Waals surface area contributed by atoms with E-state index in [4.69, 9.17) is 42.6 Å². The van der Waals surface area contributed by atoms with Crippen molar-refractivity contribution < 1.29 is 47.4 Å². The van der Waals surface area contributed by atoms with Crippen LogP contribution in [0, 0.1) is 0 Å². The Labute approximate surface area is 249 Å². The van der Waals surface area contributed by atoms with Crippen molar-refractivity contribution in [3.05, 3.63) is 0 Å². The molecular formula is C30H61NO10. The van der Waals surface area contributed by atoms with Gasteiger partial charge in [0.1, 0.15) is 6.61 Å². The molecule has 0 N–H and O–H groups in total. The van der Waals surface area contributed by atoms with Crippen LogP contribution < -0.4 is 0 Å². The monoisotopic (exact) mass is 595 g/mol. The number of nitrogens with zero attached hydrogens (tertiary/aromatic N) is 1. The highest BCUT2D eigenvalue weighted by molar-refractivity contribution is 5.69. The van der Waals surface area contributed by atoms with Crippen LogP contribution in [0.1, 0.15) is 58.3 Å². The molecule has 0 heterocycles. The average Bonchev–Trinajstić information content (AvgIpc) is 2.96. The predicted octanol–water partition coefficient (Wildman–Crippen LogP) is 3.36. The number of likely N-dealkylation sites (N-methyl/N-ethyl adjacent to an activating group) is 1. The van der Waals surface area contributed by atoms with Crippen molar-refractivity contribution in [1.29, 1.82) is 0 Å². The van der Waals surface area contributed by atoms with Gasteiger partial charge >= 0.3 is 5.97 Å². The zero-order valence-corrected chi connectivity index (χ0v) is 26.4. The normalized spacial score (nSPS) is 11.5. The van der Waals surface area contributed by atoms with Crippen LogP contribution >= 0.6 is 0 Å². The lowest BCUT2D eigenvalue weighted by Gasteiger charge is -2.10. The Kier molecular flexibility index (Phi) is 34.5. The first-order chi connectivity index (χ1) is 20.2. The van der Waals surface area contributed by atoms with Gasteiger partial charge in [-0.25, -0.2) is 0 Å². The van der Waals surface area contributed by atoms with Gasteiger partial charge in [0.05, 0.1) is 106 Å². The van der Waals surface area contributed by atoms with Crippen molar-refractivity contribution in [3.8, 4) is 0 Å². The molecule has 0 unspecified atom stereocenters. The number of ether oxygens (including phenoxy) is 9. The van der Waals surface area contributed by atoms with Gasteiger partial charge in [-0.05, 0) is 20.5 Å². The Morgan fingerprint density at radius 1 is 0.439 bits per heavy atom. The smallest absolute Gasteiger partial charge is 0.305 e. The van der Waals surface area contributed by atoms with Gasteiger partial charge in [-0.2, -0.15) is 0 Å². The Bertz CT molecular complexity index is 514. The molecule has 0 saturated heterocycles. The zero-order chi connectivity index (χ0) is 29.9. The lowest BCUT2D eigenvalue weighted by atomic mass is 10.1. The summed E-state index contributed by atoms with van der Waals surface area (Å²) in [7, 11) is 4.04. The van der Waals surface area contributed by atoms with Gasteiger partial charge in [-0.15, -0.1) is 0 Å². The van der Waals surface area contributed by atoms with E-state index in [-0.39, 0.29) is 5.97 Å². The molecule has 0 rings (SSSR count). The molecule has 11 nitrogen and oxygen atoms in total. The first-order valence-corrected chi connectivity index (χ1v) is 15.6. The molecule has 0 saturated carbocycles. The standard InChI is InChI=1S/C30H61NO10/c1-4-5-6-7-8-9-10-11-30(32)41-29-28-40-27-26-39-25-24-38-23-22-37-21-20-36-19-18-35-17-16-34-15-14-33-13-12-31(2)3/h4-29H2,1-3H3. The minimum absolute atomic E-state index is 0.136. The minimum Gasteiger partial charge on any atom is -0.463 e. The molecule has 0 spiro atoms. The van der Waals surface area contributed by atoms with Crippen molar-refractivity contribution in [3.63, 3.8) is 0 Å². The average molecular weight is 596 g/mol. The van der Waals surface area contributed by atoms with E-state index in [1.165, 1.54) is 32.1 Å². The van der Waals surface area contributed by atoms with E-state index in [0.29, 0.717) is 112 Å². The summed E-state index contributed by atoms with van der Waals surface area (Å²) < 4.78 is 48.8. The third-order valence-corrected chi connectivity index (χ3v) is 5.76. The second-order valence-electron chi connectivity index (χ2n) is 9.79. The van der Waals surface area contributed by atoms with E-state index < -0.39 is 0 Å². The van der Waals surface area contributed by atoms with Crippen LogP contribution in [0.2, 0.25) is 0 Å². The van der Waals surface area contributed by atoms with E-state index in [1.807, 2.05) is 14.1 Å². The molecule has 41 heavy (non-hydrogen) atoms. The molecule has 0 aromatic heterocycles. The molecule has 0 aliphatic carbocycles. The van der Waals surface area contributed by atoms with Crippen molar-refractivity contribution in [1.82, 2.24) is 4.90 Å². The Hall–Kier alpha value is -0.890. The molecular weight excluding hydrogens is 534 g/mol. The van der Waals surface area contributed by atoms with E-state index in [2.05, 4.69) is 11.8 Å². The number of hydrogen-bond donors (Lipinski definition) is 0. The van der Waals surface area contributed by atoms with Crippen LogP contribution in [0.15, 0.2) is 0 Å². The molecule has 246 valence electrons. The largest absolute Gasteiger partial charge is 0.463 e. The Morgan fingerprint density at radius 3 is 1.12 bits per heavy atom. The fraction of sp³-hybridized carbons (Fsp3) is 0.967. The SMILES string of the molecule is CCCCCCCCCC(=O)OCCOCCOCCOCCOCCOCCOCCOCCOCCN(C)C. The molecule has 0 aliphatic rings. The quantitative estimate of drug-likeness (QED) is 0.0796. The van der Waals surface area contributed by atoms with Crippen molar-refractivity contribution in [2.75, 3.05) is 133 Å². The zero-order valence-electron chi connectivity index (χ0n) is 26.4. The van der Waals surface area contributed by atoms with Crippen LogP contribution in [-0.2, 0) is 47.4 Å². The lowest BCUT2D eigenvalue weighted by molar-refractivity contribution is -0.145. The fourth-order valence-electron chi connectivity index (χ4n) is 3.40. The molecule has 0 amide bonds. The van der Waals surface area contributed by atoms with Crippen LogP contribution in [0.3, 0.4) is 0 Å². The number of esters is 1. The van der Waals surface area contributed by atoms with Gasteiger partial charge in [0, 0.05) is 13.0 Å². The molecule has 0 aromatic carbocycles. The van der Waals surface area contributed by atoms with Gasteiger partial charge in [0.25, 0.3) is 0 Å². The first-order valence-electron chi connectivity index (χ1n) is 15.6. The fourth-order valence-corrected chi connectivity index (χ4v) is 3.40. The molecule has 0 aromatic rings. The van der Waals surface area contributed by atoms with Crippen LogP contribution in [-0.4, -0.2) is 144 Å². The summed E-state index contributed by atoms with van der Waals surface area (Å²) in [6, 6.07) is 0. The molecule has 0 fully saturated rings. The lowest BCUT2D eigenvalue weighted by Crippen LogP contribution is -2.19. The topological polar surface area (TPSA) is 103 Å². The van der Waals surface area contributed by atoms with Crippen molar-refractivity contribution in [2.45, 2.75) is 58.3 Å². The third-order valence-electron chi connectivity index (χ3n) is 5.76. The Balaban J connectivity index is 3.10. The summed E-state index contributed by atoms with van der Waals surface area (Å²) in [4.78, 5) is 13.8. The highest BCUT2D eigenvalue weighted by Crippen LogP contribution is 2.08. The molecule has 11 heteroatoms. The van der Waals surface area contributed by atoms with E-state index in [9.17, 15) is 4.79 Å². The van der Waals surface area contributed by atoms with E-state index in [1.54, 1.807) is 0 Å². The summed E-state index contributed by atoms with van der Waals surface area (Å²) >= 11 is 0. The van der Waals surface area contributed by atoms with Crippen LogP contribution in [0.5, 0.6) is 0 Å². The molecule has 0 radical (unpaired) electrons. The number of hydrogen-bond acceptors (Lipinski definition) is 11. The van der Waals surface area contributed by atoms with Crippen LogP contribution in [0.4, 0.5) is 0 Å². The summed E-state index contributed by atoms with van der Waals surface area (Å²) in [6.45, 7) is 11.9. The number of rotatable bonds is 35. The summed E-state index contributed by atoms with van der Waals surface area (Å²) in [5.41, 5.74) is 0. The van der Waals surface area contributed by atoms with E-state index in [0.717, 1.165) is 26.0 Å². The highest BCUT2D eigenvalue weighted by atomic mass is 16.6. The third kappa shape index (κ3) is 37.1. The maximum absolute atomic E-state index is 11.7. The van der Waals surface area contributed by atoms with Crippen LogP contribution in [0.25, 0.3) is 0 Å². The van der Waals surface area contributed by atoms with E-state index >= 15 is 0 Å². The summed E-state index contributed by atoms with van der Waals surface area (Å²) in [5, 5.41) is 0. The van der Waals surface area contributed by atoms with Crippen molar-refractivity contribution in [2.24, 2.45) is 0 Å². The number of carbonyl (C=O) groups excluding carboxylic acids is 1. The summed E-state index contributed by atoms with van der Waals surface area (Å²) in [6.07, 6.45) is 8.83. The van der Waals surface area contributed by atoms with Gasteiger partial charge in [-0.1, -0.05) is 45.4 Å². The van der Waals surface area contributed by atoms with Gasteiger partial charge in [-0.3, -0.25) is 4.79 Å². The predicted molar refractivity (Wildman–Crippen MR) is 159 cm³/mol. The second kappa shape index (κ2) is 35.3. The van der Waals surface area contributed by atoms with Gasteiger partial charge < -0.3 is 47.5 Å². The maximum Gasteiger partial charge on any atom is 0.305 e. The highest BCUT2D eigenvalue weighted by Gasteiger charge is 2.02. The molecule has 0 atom stereocenters. The van der Waals surface area contributed by atoms with Crippen molar-refractivity contribution >= 4 is 5.97 Å². The first kappa shape index (κ1) is 40.1. The molecule has 0 bridgehead atoms. The maximum atomic E-state index is 11.7. The number of carbonyl (C=O) groups is 1.